The molecule has 174 valence electrons. The third-order valence-corrected chi connectivity index (χ3v) is 5.31. The zero-order valence-electron chi connectivity index (χ0n) is 18.2. The van der Waals surface area contributed by atoms with Gasteiger partial charge in [-0.1, -0.05) is 12.1 Å². The lowest BCUT2D eigenvalue weighted by molar-refractivity contribution is -0.110. The first-order valence-corrected chi connectivity index (χ1v) is 10.7. The van der Waals surface area contributed by atoms with E-state index in [0.29, 0.717) is 28.7 Å². The van der Waals surface area contributed by atoms with Crippen LogP contribution < -0.4 is 21.3 Å². The minimum Gasteiger partial charge on any atom is -0.362 e. The SMILES string of the molecule is O=C(Nc1cccc(Nc2ccc3c(c2)NC(=O)/C3=C/c2ccc[nH]2)c1)Nc1ccc(F)cc1F. The van der Waals surface area contributed by atoms with Crippen LogP contribution in [0.4, 0.5) is 42.0 Å². The van der Waals surface area contributed by atoms with Crippen LogP contribution in [0.5, 0.6) is 0 Å². The number of nitrogens with one attached hydrogen (secondary N) is 5. The van der Waals surface area contributed by atoms with Gasteiger partial charge in [-0.25, -0.2) is 13.6 Å². The Kier molecular flexibility index (Phi) is 5.72. The van der Waals surface area contributed by atoms with Crippen molar-refractivity contribution >= 4 is 52.0 Å². The van der Waals surface area contributed by atoms with E-state index >= 15 is 0 Å². The summed E-state index contributed by atoms with van der Waals surface area (Å²) in [7, 11) is 0. The lowest BCUT2D eigenvalue weighted by atomic mass is 10.1. The average molecular weight is 471 g/mol. The number of hydrogen-bond acceptors (Lipinski definition) is 3. The number of rotatable bonds is 5. The average Bonchev–Trinajstić information content (AvgIpc) is 3.44. The fourth-order valence-electron chi connectivity index (χ4n) is 3.72. The summed E-state index contributed by atoms with van der Waals surface area (Å²) in [5.41, 5.74) is 4.64. The van der Waals surface area contributed by atoms with Gasteiger partial charge in [0.2, 0.25) is 0 Å². The molecule has 0 fully saturated rings. The smallest absolute Gasteiger partial charge is 0.323 e. The van der Waals surface area contributed by atoms with Gasteiger partial charge in [-0.3, -0.25) is 4.79 Å². The summed E-state index contributed by atoms with van der Waals surface area (Å²) in [5, 5.41) is 11.1. The zero-order valence-corrected chi connectivity index (χ0v) is 18.2. The minimum atomic E-state index is -0.870. The molecule has 0 aliphatic carbocycles. The summed E-state index contributed by atoms with van der Waals surface area (Å²) in [6.45, 7) is 0. The number of aromatic nitrogens is 1. The number of aromatic amines is 1. The molecule has 1 aromatic heterocycles. The van der Waals surface area contributed by atoms with Gasteiger partial charge in [0.25, 0.3) is 5.91 Å². The first-order valence-electron chi connectivity index (χ1n) is 10.7. The molecular weight excluding hydrogens is 452 g/mol. The summed E-state index contributed by atoms with van der Waals surface area (Å²) in [6, 6.07) is 18.4. The monoisotopic (exact) mass is 471 g/mol. The fourth-order valence-corrected chi connectivity index (χ4v) is 3.72. The number of H-pyrrole nitrogens is 1. The molecular formula is C26H19F2N5O2. The van der Waals surface area contributed by atoms with Crippen molar-refractivity contribution in [3.63, 3.8) is 0 Å². The van der Waals surface area contributed by atoms with Crippen molar-refractivity contribution < 1.29 is 18.4 Å². The molecule has 0 saturated heterocycles. The van der Waals surface area contributed by atoms with Gasteiger partial charge in [0.1, 0.15) is 11.6 Å². The molecule has 5 N–H and O–H groups in total. The van der Waals surface area contributed by atoms with E-state index in [0.717, 1.165) is 29.1 Å². The van der Waals surface area contributed by atoms with Gasteiger partial charge in [0, 0.05) is 40.6 Å². The standard InChI is InChI=1S/C26H19F2N5O2/c27-15-6-9-23(22(28)11-15)33-26(35)31-18-4-1-3-17(12-18)30-19-7-8-20-21(13-16-5-2-10-29-16)25(34)32-24(20)14-19/h1-14,29-30H,(H,32,34)(H2,31,33,35)/b21-13+. The molecule has 0 spiro atoms. The molecule has 0 unspecified atom stereocenters. The normalized spacial score (nSPS) is 13.3. The number of fused-ring (bicyclic) bond motifs is 1. The highest BCUT2D eigenvalue weighted by molar-refractivity contribution is 6.35. The third-order valence-electron chi connectivity index (χ3n) is 5.31. The molecule has 3 amide bonds. The molecule has 9 heteroatoms. The number of halogens is 2. The van der Waals surface area contributed by atoms with E-state index in [2.05, 4.69) is 26.3 Å². The lowest BCUT2D eigenvalue weighted by Gasteiger charge is -2.12. The van der Waals surface area contributed by atoms with Crippen molar-refractivity contribution in [3.05, 3.63) is 102 Å². The van der Waals surface area contributed by atoms with Crippen LogP contribution in [0, 0.1) is 11.6 Å². The molecule has 0 bridgehead atoms. The van der Waals surface area contributed by atoms with Gasteiger partial charge in [-0.2, -0.15) is 0 Å². The predicted octanol–water partition coefficient (Wildman–Crippen LogP) is 6.17. The number of benzene rings is 3. The number of anilines is 5. The Morgan fingerprint density at radius 2 is 1.69 bits per heavy atom. The first kappa shape index (κ1) is 21.9. The third kappa shape index (κ3) is 4.88. The summed E-state index contributed by atoms with van der Waals surface area (Å²) >= 11 is 0. The fraction of sp³-hybridized carbons (Fsp3) is 0. The highest BCUT2D eigenvalue weighted by Gasteiger charge is 2.24. The number of carbonyl (C=O) groups is 2. The van der Waals surface area contributed by atoms with Crippen molar-refractivity contribution in [2.75, 3.05) is 21.3 Å². The summed E-state index contributed by atoms with van der Waals surface area (Å²) in [6.07, 6.45) is 3.59. The van der Waals surface area contributed by atoms with E-state index in [1.54, 1.807) is 30.5 Å². The van der Waals surface area contributed by atoms with Crippen molar-refractivity contribution in [1.82, 2.24) is 4.98 Å². The lowest BCUT2D eigenvalue weighted by Crippen LogP contribution is -2.20. The van der Waals surface area contributed by atoms with Gasteiger partial charge in [-0.05, 0) is 60.7 Å². The van der Waals surface area contributed by atoms with Crippen LogP contribution in [-0.4, -0.2) is 16.9 Å². The van der Waals surface area contributed by atoms with Crippen LogP contribution in [0.15, 0.2) is 79.0 Å². The highest BCUT2D eigenvalue weighted by Crippen LogP contribution is 2.35. The summed E-state index contributed by atoms with van der Waals surface area (Å²) in [5.74, 6) is -1.78. The molecule has 1 aliphatic rings. The molecule has 7 nitrogen and oxygen atoms in total. The van der Waals surface area contributed by atoms with Crippen LogP contribution >= 0.6 is 0 Å². The molecule has 3 aromatic carbocycles. The van der Waals surface area contributed by atoms with E-state index in [9.17, 15) is 18.4 Å². The minimum absolute atomic E-state index is 0.136. The molecule has 0 radical (unpaired) electrons. The number of carbonyl (C=O) groups excluding carboxylic acids is 2. The Morgan fingerprint density at radius 3 is 2.49 bits per heavy atom. The van der Waals surface area contributed by atoms with Crippen LogP contribution in [0.3, 0.4) is 0 Å². The molecule has 35 heavy (non-hydrogen) atoms. The largest absolute Gasteiger partial charge is 0.362 e. The molecule has 1 aliphatic heterocycles. The highest BCUT2D eigenvalue weighted by atomic mass is 19.1. The molecule has 0 atom stereocenters. The van der Waals surface area contributed by atoms with Gasteiger partial charge >= 0.3 is 6.03 Å². The Bertz CT molecular complexity index is 1460. The van der Waals surface area contributed by atoms with Crippen molar-refractivity contribution in [2.45, 2.75) is 0 Å². The number of hydrogen-bond donors (Lipinski definition) is 5. The maximum atomic E-state index is 13.8. The quantitative estimate of drug-likeness (QED) is 0.225. The van der Waals surface area contributed by atoms with Gasteiger partial charge in [-0.15, -0.1) is 0 Å². The predicted molar refractivity (Wildman–Crippen MR) is 132 cm³/mol. The first-order chi connectivity index (χ1) is 16.9. The van der Waals surface area contributed by atoms with Crippen LogP contribution in [0.2, 0.25) is 0 Å². The molecule has 5 rings (SSSR count). The number of urea groups is 1. The Morgan fingerprint density at radius 1 is 0.857 bits per heavy atom. The Balaban J connectivity index is 1.28. The van der Waals surface area contributed by atoms with E-state index in [4.69, 9.17) is 0 Å². The second-order valence-corrected chi connectivity index (χ2v) is 7.81. The number of amides is 3. The van der Waals surface area contributed by atoms with Crippen molar-refractivity contribution in [3.8, 4) is 0 Å². The van der Waals surface area contributed by atoms with Gasteiger partial charge in [0.05, 0.1) is 16.9 Å². The van der Waals surface area contributed by atoms with Crippen LogP contribution in [-0.2, 0) is 4.79 Å². The molecule has 4 aromatic rings. The Labute approximate surface area is 198 Å². The van der Waals surface area contributed by atoms with E-state index in [-0.39, 0.29) is 11.6 Å². The molecule has 2 heterocycles. The van der Waals surface area contributed by atoms with E-state index in [1.807, 2.05) is 36.4 Å². The van der Waals surface area contributed by atoms with Crippen LogP contribution in [0.1, 0.15) is 11.3 Å². The summed E-state index contributed by atoms with van der Waals surface area (Å²) in [4.78, 5) is 27.7. The maximum absolute atomic E-state index is 13.8. The Hall–Kier alpha value is -4.92. The second-order valence-electron chi connectivity index (χ2n) is 7.81. The van der Waals surface area contributed by atoms with Gasteiger partial charge < -0.3 is 26.3 Å². The zero-order chi connectivity index (χ0) is 24.4. The van der Waals surface area contributed by atoms with Crippen molar-refractivity contribution in [2.24, 2.45) is 0 Å². The van der Waals surface area contributed by atoms with E-state index < -0.39 is 17.7 Å². The van der Waals surface area contributed by atoms with Crippen molar-refractivity contribution in [1.29, 1.82) is 0 Å². The second kappa shape index (κ2) is 9.14. The summed E-state index contributed by atoms with van der Waals surface area (Å²) < 4.78 is 26.8. The maximum Gasteiger partial charge on any atom is 0.323 e. The van der Waals surface area contributed by atoms with Crippen LogP contribution in [0.25, 0.3) is 11.6 Å². The topological polar surface area (TPSA) is 98.1 Å². The van der Waals surface area contributed by atoms with E-state index in [1.165, 1.54) is 0 Å². The van der Waals surface area contributed by atoms with Gasteiger partial charge in [0.15, 0.2) is 0 Å². The molecule has 0 saturated carbocycles.